The molecule has 2 fully saturated rings. The largest absolute Gasteiger partial charge is 0.355 e. The normalized spacial score (nSPS) is 25.6. The zero-order valence-electron chi connectivity index (χ0n) is 11.2. The molecule has 1 aromatic heterocycles. The van der Waals surface area contributed by atoms with Gasteiger partial charge in [0.1, 0.15) is 0 Å². The lowest BCUT2D eigenvalue weighted by molar-refractivity contribution is 0.248. The van der Waals surface area contributed by atoms with E-state index in [4.69, 9.17) is 0 Å². The highest BCUT2D eigenvalue weighted by molar-refractivity contribution is 5.45. The van der Waals surface area contributed by atoms with Gasteiger partial charge in [-0.1, -0.05) is 0 Å². The van der Waals surface area contributed by atoms with Crippen LogP contribution in [0.4, 0.5) is 5.82 Å². The minimum Gasteiger partial charge on any atom is -0.355 e. The number of hydrogen-bond acceptors (Lipinski definition) is 4. The third-order valence-corrected chi connectivity index (χ3v) is 4.12. The summed E-state index contributed by atoms with van der Waals surface area (Å²) in [7, 11) is 2.21. The van der Waals surface area contributed by atoms with Crippen LogP contribution in [0.3, 0.4) is 0 Å². The molecule has 2 aliphatic rings. The summed E-state index contributed by atoms with van der Waals surface area (Å²) in [5, 5.41) is 0. The third-order valence-electron chi connectivity index (χ3n) is 4.12. The predicted molar refractivity (Wildman–Crippen MR) is 73.0 cm³/mol. The lowest BCUT2D eigenvalue weighted by atomic mass is 9.94. The summed E-state index contributed by atoms with van der Waals surface area (Å²) in [5.74, 6) is 1.71. The van der Waals surface area contributed by atoms with Gasteiger partial charge in [-0.3, -0.25) is 4.98 Å². The summed E-state index contributed by atoms with van der Waals surface area (Å²) < 4.78 is 0. The SMILES string of the molecule is CN1CCCC(c2nccnc2N2CCCC2)C1. The van der Waals surface area contributed by atoms with E-state index in [9.17, 15) is 0 Å². The first-order valence-electron chi connectivity index (χ1n) is 7.09. The highest BCUT2D eigenvalue weighted by Gasteiger charge is 2.26. The van der Waals surface area contributed by atoms with E-state index in [1.54, 1.807) is 0 Å². The lowest BCUT2D eigenvalue weighted by Crippen LogP contribution is -2.32. The maximum absolute atomic E-state index is 4.65. The summed E-state index contributed by atoms with van der Waals surface area (Å²) in [6.07, 6.45) is 8.80. The summed E-state index contributed by atoms with van der Waals surface area (Å²) in [5.41, 5.74) is 1.23. The standard InChI is InChI=1S/C14H22N4/c1-17-8-4-5-12(11-17)13-14(16-7-6-15-13)18-9-2-3-10-18/h6-7,12H,2-5,8-11H2,1H3. The topological polar surface area (TPSA) is 32.3 Å². The lowest BCUT2D eigenvalue weighted by Gasteiger charge is -2.31. The van der Waals surface area contributed by atoms with Crippen LogP contribution in [0.25, 0.3) is 0 Å². The fourth-order valence-electron chi connectivity index (χ4n) is 3.19. The second kappa shape index (κ2) is 5.22. The number of rotatable bonds is 2. The number of nitrogens with zero attached hydrogens (tertiary/aromatic N) is 4. The van der Waals surface area contributed by atoms with Gasteiger partial charge in [-0.15, -0.1) is 0 Å². The quantitative estimate of drug-likeness (QED) is 0.797. The average Bonchev–Trinajstić information content (AvgIpc) is 2.92. The maximum atomic E-state index is 4.65. The van der Waals surface area contributed by atoms with E-state index >= 15 is 0 Å². The molecular weight excluding hydrogens is 224 g/mol. The second-order valence-electron chi connectivity index (χ2n) is 5.56. The fraction of sp³-hybridized carbons (Fsp3) is 0.714. The third kappa shape index (κ3) is 2.34. The van der Waals surface area contributed by atoms with Gasteiger partial charge in [-0.2, -0.15) is 0 Å². The van der Waals surface area contributed by atoms with E-state index in [0.29, 0.717) is 5.92 Å². The van der Waals surface area contributed by atoms with Gasteiger partial charge in [-0.05, 0) is 39.3 Å². The van der Waals surface area contributed by atoms with Gasteiger partial charge in [0, 0.05) is 37.9 Å². The monoisotopic (exact) mass is 246 g/mol. The van der Waals surface area contributed by atoms with E-state index in [1.807, 2.05) is 12.4 Å². The zero-order valence-corrected chi connectivity index (χ0v) is 11.2. The van der Waals surface area contributed by atoms with E-state index in [-0.39, 0.29) is 0 Å². The smallest absolute Gasteiger partial charge is 0.150 e. The predicted octanol–water partition coefficient (Wildman–Crippen LogP) is 1.89. The number of likely N-dealkylation sites (N-methyl/N-ethyl adjacent to an activating group) is 1. The fourth-order valence-corrected chi connectivity index (χ4v) is 3.19. The molecule has 0 aromatic carbocycles. The first kappa shape index (κ1) is 11.9. The minimum atomic E-state index is 0.563. The molecule has 0 saturated carbocycles. The molecule has 1 unspecified atom stereocenters. The molecular formula is C14H22N4. The van der Waals surface area contributed by atoms with Crippen LogP contribution in [0.1, 0.15) is 37.3 Å². The molecule has 0 bridgehead atoms. The van der Waals surface area contributed by atoms with Gasteiger partial charge < -0.3 is 9.80 Å². The van der Waals surface area contributed by atoms with Gasteiger partial charge in [0.05, 0.1) is 5.69 Å². The van der Waals surface area contributed by atoms with Crippen molar-refractivity contribution in [3.05, 3.63) is 18.1 Å². The molecule has 4 nitrogen and oxygen atoms in total. The molecule has 2 saturated heterocycles. The molecule has 2 aliphatic heterocycles. The maximum Gasteiger partial charge on any atom is 0.150 e. The first-order valence-corrected chi connectivity index (χ1v) is 7.09. The Morgan fingerprint density at radius 2 is 1.83 bits per heavy atom. The van der Waals surface area contributed by atoms with E-state index in [1.165, 1.54) is 37.9 Å². The van der Waals surface area contributed by atoms with Crippen LogP contribution in [-0.4, -0.2) is 48.1 Å². The van der Waals surface area contributed by atoms with Crippen LogP contribution in [-0.2, 0) is 0 Å². The van der Waals surface area contributed by atoms with E-state index < -0.39 is 0 Å². The number of aromatic nitrogens is 2. The molecule has 0 amide bonds. The number of anilines is 1. The van der Waals surface area contributed by atoms with Gasteiger partial charge in [0.15, 0.2) is 5.82 Å². The van der Waals surface area contributed by atoms with Crippen molar-refractivity contribution in [2.24, 2.45) is 0 Å². The molecule has 1 aromatic rings. The first-order chi connectivity index (χ1) is 8.84. The van der Waals surface area contributed by atoms with Crippen LogP contribution in [0.2, 0.25) is 0 Å². The van der Waals surface area contributed by atoms with Crippen molar-refractivity contribution < 1.29 is 0 Å². The summed E-state index contributed by atoms with van der Waals surface area (Å²) >= 11 is 0. The Hall–Kier alpha value is -1.16. The van der Waals surface area contributed by atoms with Crippen molar-refractivity contribution >= 4 is 5.82 Å². The van der Waals surface area contributed by atoms with E-state index in [0.717, 1.165) is 25.5 Å². The Morgan fingerprint density at radius 1 is 1.06 bits per heavy atom. The van der Waals surface area contributed by atoms with E-state index in [2.05, 4.69) is 26.8 Å². The molecule has 0 radical (unpaired) electrons. The van der Waals surface area contributed by atoms with Crippen LogP contribution in [0, 0.1) is 0 Å². The Labute approximate surface area is 109 Å². The Balaban J connectivity index is 1.86. The summed E-state index contributed by atoms with van der Waals surface area (Å²) in [4.78, 5) is 14.1. The molecule has 3 heterocycles. The van der Waals surface area contributed by atoms with Crippen molar-refractivity contribution in [3.63, 3.8) is 0 Å². The highest BCUT2D eigenvalue weighted by atomic mass is 15.2. The molecule has 1 atom stereocenters. The minimum absolute atomic E-state index is 0.563. The molecule has 3 rings (SSSR count). The van der Waals surface area contributed by atoms with Crippen LogP contribution >= 0.6 is 0 Å². The van der Waals surface area contributed by atoms with Gasteiger partial charge in [-0.25, -0.2) is 4.98 Å². The Kier molecular flexibility index (Phi) is 3.46. The zero-order chi connectivity index (χ0) is 12.4. The van der Waals surface area contributed by atoms with Crippen molar-refractivity contribution in [1.29, 1.82) is 0 Å². The molecule has 4 heteroatoms. The van der Waals surface area contributed by atoms with Gasteiger partial charge in [0.2, 0.25) is 0 Å². The summed E-state index contributed by atoms with van der Waals surface area (Å²) in [6, 6.07) is 0. The van der Waals surface area contributed by atoms with Crippen molar-refractivity contribution in [2.45, 2.75) is 31.6 Å². The number of piperidine rings is 1. The highest BCUT2D eigenvalue weighted by Crippen LogP contribution is 2.31. The van der Waals surface area contributed by atoms with Crippen molar-refractivity contribution in [3.8, 4) is 0 Å². The van der Waals surface area contributed by atoms with Crippen molar-refractivity contribution in [1.82, 2.24) is 14.9 Å². The number of likely N-dealkylation sites (tertiary alicyclic amines) is 1. The molecule has 0 N–H and O–H groups in total. The average molecular weight is 246 g/mol. The van der Waals surface area contributed by atoms with Gasteiger partial charge >= 0.3 is 0 Å². The molecule has 0 aliphatic carbocycles. The second-order valence-corrected chi connectivity index (χ2v) is 5.56. The molecule has 0 spiro atoms. The van der Waals surface area contributed by atoms with Crippen LogP contribution < -0.4 is 4.90 Å². The van der Waals surface area contributed by atoms with Crippen LogP contribution in [0.15, 0.2) is 12.4 Å². The van der Waals surface area contributed by atoms with Crippen molar-refractivity contribution in [2.75, 3.05) is 38.1 Å². The molecule has 98 valence electrons. The van der Waals surface area contributed by atoms with Crippen LogP contribution in [0.5, 0.6) is 0 Å². The summed E-state index contributed by atoms with van der Waals surface area (Å²) in [6.45, 7) is 4.64. The molecule has 18 heavy (non-hydrogen) atoms. The Morgan fingerprint density at radius 3 is 2.61 bits per heavy atom. The Bertz CT molecular complexity index is 401. The number of hydrogen-bond donors (Lipinski definition) is 0. The van der Waals surface area contributed by atoms with Gasteiger partial charge in [0.25, 0.3) is 0 Å².